The van der Waals surface area contributed by atoms with E-state index < -0.39 is 0 Å². The van der Waals surface area contributed by atoms with Gasteiger partial charge in [-0.25, -0.2) is 0 Å². The van der Waals surface area contributed by atoms with E-state index in [1.807, 2.05) is 6.08 Å². The smallest absolute Gasteiger partial charge is 0.162 e. The van der Waals surface area contributed by atoms with Gasteiger partial charge < -0.3 is 5.32 Å². The van der Waals surface area contributed by atoms with E-state index in [9.17, 15) is 4.79 Å². The minimum atomic E-state index is 0.00926. The zero-order valence-electron chi connectivity index (χ0n) is 7.52. The van der Waals surface area contributed by atoms with Crippen molar-refractivity contribution in [3.8, 4) is 0 Å². The Morgan fingerprint density at radius 1 is 1.42 bits per heavy atom. The van der Waals surface area contributed by atoms with E-state index in [0.29, 0.717) is 5.78 Å². The highest BCUT2D eigenvalue weighted by atomic mass is 16.1. The first-order valence-electron chi connectivity index (χ1n) is 4.65. The van der Waals surface area contributed by atoms with Gasteiger partial charge in [0.25, 0.3) is 0 Å². The molecule has 1 N–H and O–H groups in total. The van der Waals surface area contributed by atoms with Crippen LogP contribution >= 0.6 is 0 Å². The van der Waals surface area contributed by atoms with Gasteiger partial charge >= 0.3 is 0 Å². The average molecular weight is 165 g/mol. The van der Waals surface area contributed by atoms with Crippen LogP contribution in [0.15, 0.2) is 11.6 Å². The molecule has 0 aromatic rings. The summed E-state index contributed by atoms with van der Waals surface area (Å²) in [5, 5.41) is 3.30. The molecule has 0 unspecified atom stereocenters. The van der Waals surface area contributed by atoms with Crippen LogP contribution in [0, 0.1) is 5.41 Å². The highest BCUT2D eigenvalue weighted by molar-refractivity contribution is 5.98. The molecule has 2 aliphatic rings. The average Bonchev–Trinajstić information content (AvgIpc) is 2.29. The molecule has 1 aliphatic carbocycles. The lowest BCUT2D eigenvalue weighted by Gasteiger charge is -2.32. The number of piperidine rings is 1. The standard InChI is InChI=1S/C10H15NO/c1-8-6-9(12)10(7-8)2-4-11-5-3-10/h6,11H,2-5,7H2,1H3. The maximum atomic E-state index is 11.7. The van der Waals surface area contributed by atoms with Gasteiger partial charge in [-0.1, -0.05) is 5.57 Å². The van der Waals surface area contributed by atoms with Gasteiger partial charge in [-0.05, 0) is 45.4 Å². The summed E-state index contributed by atoms with van der Waals surface area (Å²) in [6.45, 7) is 4.08. The molecule has 1 aliphatic heterocycles. The van der Waals surface area contributed by atoms with E-state index in [0.717, 1.165) is 32.4 Å². The van der Waals surface area contributed by atoms with Gasteiger partial charge in [-0.3, -0.25) is 4.79 Å². The zero-order valence-corrected chi connectivity index (χ0v) is 7.52. The van der Waals surface area contributed by atoms with Crippen molar-refractivity contribution in [1.29, 1.82) is 0 Å². The molecule has 1 saturated heterocycles. The van der Waals surface area contributed by atoms with Crippen molar-refractivity contribution in [2.24, 2.45) is 5.41 Å². The Labute approximate surface area is 73.0 Å². The number of nitrogens with one attached hydrogen (secondary N) is 1. The second-order valence-electron chi connectivity index (χ2n) is 4.06. The first-order chi connectivity index (χ1) is 5.73. The third-order valence-corrected chi connectivity index (χ3v) is 3.08. The number of hydrogen-bond acceptors (Lipinski definition) is 2. The van der Waals surface area contributed by atoms with E-state index >= 15 is 0 Å². The van der Waals surface area contributed by atoms with Gasteiger partial charge in [0, 0.05) is 5.41 Å². The van der Waals surface area contributed by atoms with E-state index in [4.69, 9.17) is 0 Å². The van der Waals surface area contributed by atoms with E-state index in [1.54, 1.807) is 0 Å². The van der Waals surface area contributed by atoms with Gasteiger partial charge in [0.15, 0.2) is 5.78 Å². The Morgan fingerprint density at radius 3 is 2.58 bits per heavy atom. The molecule has 0 amide bonds. The Bertz CT molecular complexity index is 236. The third kappa shape index (κ3) is 1.11. The Balaban J connectivity index is 2.17. The summed E-state index contributed by atoms with van der Waals surface area (Å²) < 4.78 is 0. The molecule has 0 atom stereocenters. The lowest BCUT2D eigenvalue weighted by molar-refractivity contribution is -0.124. The molecular formula is C10H15NO. The minimum Gasteiger partial charge on any atom is -0.317 e. The summed E-state index contributed by atoms with van der Waals surface area (Å²) in [6.07, 6.45) is 4.90. The van der Waals surface area contributed by atoms with Gasteiger partial charge in [0.1, 0.15) is 0 Å². The molecule has 0 aromatic heterocycles. The van der Waals surface area contributed by atoms with Crippen molar-refractivity contribution in [1.82, 2.24) is 5.32 Å². The van der Waals surface area contributed by atoms with Gasteiger partial charge in [-0.2, -0.15) is 0 Å². The summed E-state index contributed by atoms with van der Waals surface area (Å²) in [6, 6.07) is 0. The molecule has 66 valence electrons. The molecule has 2 rings (SSSR count). The SMILES string of the molecule is CC1=CC(=O)C2(CCNCC2)C1. The molecule has 1 fully saturated rings. The van der Waals surface area contributed by atoms with Gasteiger partial charge in [0.2, 0.25) is 0 Å². The monoisotopic (exact) mass is 165 g/mol. The lowest BCUT2D eigenvalue weighted by Crippen LogP contribution is -2.39. The molecule has 0 bridgehead atoms. The Hall–Kier alpha value is -0.630. The van der Waals surface area contributed by atoms with Crippen molar-refractivity contribution in [3.05, 3.63) is 11.6 Å². The van der Waals surface area contributed by atoms with Crippen LogP contribution in [0.3, 0.4) is 0 Å². The fourth-order valence-corrected chi connectivity index (χ4v) is 2.38. The molecule has 12 heavy (non-hydrogen) atoms. The Kier molecular flexibility index (Phi) is 1.80. The number of hydrogen-bond donors (Lipinski definition) is 1. The summed E-state index contributed by atoms with van der Waals surface area (Å²) in [4.78, 5) is 11.7. The maximum Gasteiger partial charge on any atom is 0.162 e. The van der Waals surface area contributed by atoms with Crippen LogP contribution in [0.1, 0.15) is 26.2 Å². The fraction of sp³-hybridized carbons (Fsp3) is 0.700. The second-order valence-corrected chi connectivity index (χ2v) is 4.06. The van der Waals surface area contributed by atoms with Crippen molar-refractivity contribution in [2.45, 2.75) is 26.2 Å². The van der Waals surface area contributed by atoms with Crippen molar-refractivity contribution < 1.29 is 4.79 Å². The summed E-state index contributed by atoms with van der Waals surface area (Å²) >= 11 is 0. The van der Waals surface area contributed by atoms with Crippen molar-refractivity contribution >= 4 is 5.78 Å². The van der Waals surface area contributed by atoms with Gasteiger partial charge in [-0.15, -0.1) is 0 Å². The highest BCUT2D eigenvalue weighted by Gasteiger charge is 2.41. The molecule has 1 spiro atoms. The molecule has 2 heteroatoms. The zero-order chi connectivity index (χ0) is 8.60. The number of allylic oxidation sites excluding steroid dienone is 2. The van der Waals surface area contributed by atoms with Crippen LogP contribution in [-0.4, -0.2) is 18.9 Å². The normalized spacial score (nSPS) is 27.8. The highest BCUT2D eigenvalue weighted by Crippen LogP contribution is 2.41. The van der Waals surface area contributed by atoms with Crippen molar-refractivity contribution in [2.75, 3.05) is 13.1 Å². The van der Waals surface area contributed by atoms with E-state index in [-0.39, 0.29) is 5.41 Å². The van der Waals surface area contributed by atoms with Crippen LogP contribution in [0.2, 0.25) is 0 Å². The molecule has 0 radical (unpaired) electrons. The number of ketones is 1. The van der Waals surface area contributed by atoms with E-state index in [2.05, 4.69) is 12.2 Å². The van der Waals surface area contributed by atoms with Crippen LogP contribution in [0.5, 0.6) is 0 Å². The summed E-state index contributed by atoms with van der Waals surface area (Å²) in [7, 11) is 0. The van der Waals surface area contributed by atoms with Crippen molar-refractivity contribution in [3.63, 3.8) is 0 Å². The first kappa shape index (κ1) is 7.99. The largest absolute Gasteiger partial charge is 0.317 e. The molecular weight excluding hydrogens is 150 g/mol. The molecule has 2 nitrogen and oxygen atoms in total. The second kappa shape index (κ2) is 2.70. The first-order valence-corrected chi connectivity index (χ1v) is 4.65. The quantitative estimate of drug-likeness (QED) is 0.585. The summed E-state index contributed by atoms with van der Waals surface area (Å²) in [5.74, 6) is 0.376. The Morgan fingerprint density at radius 2 is 2.08 bits per heavy atom. The maximum absolute atomic E-state index is 11.7. The number of carbonyl (C=O) groups excluding carboxylic acids is 1. The lowest BCUT2D eigenvalue weighted by atomic mass is 9.75. The van der Waals surface area contributed by atoms with Crippen LogP contribution < -0.4 is 5.32 Å². The van der Waals surface area contributed by atoms with Crippen LogP contribution in [-0.2, 0) is 4.79 Å². The fourth-order valence-electron chi connectivity index (χ4n) is 2.38. The minimum absolute atomic E-state index is 0.00926. The van der Waals surface area contributed by atoms with Gasteiger partial charge in [0.05, 0.1) is 0 Å². The van der Waals surface area contributed by atoms with Crippen LogP contribution in [0.4, 0.5) is 0 Å². The topological polar surface area (TPSA) is 29.1 Å². The summed E-state index contributed by atoms with van der Waals surface area (Å²) in [5.41, 5.74) is 1.27. The number of rotatable bonds is 0. The molecule has 0 aromatic carbocycles. The molecule has 1 heterocycles. The molecule has 0 saturated carbocycles. The predicted octanol–water partition coefficient (Wildman–Crippen LogP) is 1.28. The van der Waals surface area contributed by atoms with E-state index in [1.165, 1.54) is 5.57 Å². The van der Waals surface area contributed by atoms with Crippen LogP contribution in [0.25, 0.3) is 0 Å². The predicted molar refractivity (Wildman–Crippen MR) is 47.9 cm³/mol. The number of carbonyl (C=O) groups is 1. The third-order valence-electron chi connectivity index (χ3n) is 3.08.